The molecule has 0 bridgehead atoms. The van der Waals surface area contributed by atoms with Crippen LogP contribution in [-0.2, 0) is 0 Å². The molecule has 0 saturated carbocycles. The van der Waals surface area contributed by atoms with E-state index in [2.05, 4.69) is 22.5 Å². The lowest BCUT2D eigenvalue weighted by molar-refractivity contribution is 0.0954. The number of aryl methyl sites for hydroxylation is 1. The van der Waals surface area contributed by atoms with Crippen LogP contribution in [0.1, 0.15) is 28.8 Å². The lowest BCUT2D eigenvalue weighted by Gasteiger charge is -2.22. The fourth-order valence-electron chi connectivity index (χ4n) is 1.89. The van der Waals surface area contributed by atoms with Crippen molar-refractivity contribution in [1.29, 1.82) is 0 Å². The van der Waals surface area contributed by atoms with Crippen molar-refractivity contribution in [2.45, 2.75) is 19.8 Å². The van der Waals surface area contributed by atoms with E-state index in [0.29, 0.717) is 5.56 Å². The molecule has 0 aliphatic carbocycles. The first-order valence-electron chi connectivity index (χ1n) is 6.26. The van der Waals surface area contributed by atoms with Crippen LogP contribution in [0.15, 0.2) is 29.4 Å². The molecule has 0 atom stereocenters. The highest BCUT2D eigenvalue weighted by atomic mass is 16.2. The van der Waals surface area contributed by atoms with Crippen molar-refractivity contribution in [3.05, 3.63) is 35.4 Å². The van der Waals surface area contributed by atoms with Gasteiger partial charge in [0.2, 0.25) is 0 Å². The van der Waals surface area contributed by atoms with E-state index in [1.54, 1.807) is 0 Å². The molecule has 1 heterocycles. The van der Waals surface area contributed by atoms with E-state index in [4.69, 9.17) is 0 Å². The number of piperidine rings is 1. The van der Waals surface area contributed by atoms with Gasteiger partial charge in [-0.2, -0.15) is 5.10 Å². The van der Waals surface area contributed by atoms with Gasteiger partial charge in [-0.05, 0) is 26.1 Å². The number of rotatable bonds is 2. The number of carbonyl (C=O) groups excluding carboxylic acids is 1. The number of nitrogens with one attached hydrogen (secondary N) is 1. The van der Waals surface area contributed by atoms with Gasteiger partial charge in [-0.3, -0.25) is 4.79 Å². The normalized spacial score (nSPS) is 16.4. The van der Waals surface area contributed by atoms with Crippen LogP contribution in [0.25, 0.3) is 0 Å². The minimum Gasteiger partial charge on any atom is -0.306 e. The number of amides is 1. The third kappa shape index (κ3) is 3.40. The molecule has 18 heavy (non-hydrogen) atoms. The van der Waals surface area contributed by atoms with Crippen molar-refractivity contribution in [2.75, 3.05) is 20.1 Å². The van der Waals surface area contributed by atoms with E-state index in [9.17, 15) is 4.79 Å². The van der Waals surface area contributed by atoms with Gasteiger partial charge in [-0.1, -0.05) is 17.7 Å². The maximum atomic E-state index is 11.8. The summed E-state index contributed by atoms with van der Waals surface area (Å²) in [5.41, 5.74) is 5.51. The van der Waals surface area contributed by atoms with Gasteiger partial charge in [-0.15, -0.1) is 0 Å². The van der Waals surface area contributed by atoms with Gasteiger partial charge in [0.05, 0.1) is 0 Å². The summed E-state index contributed by atoms with van der Waals surface area (Å²) in [6.07, 6.45) is 1.87. The van der Waals surface area contributed by atoms with Crippen LogP contribution in [-0.4, -0.2) is 36.7 Å². The summed E-state index contributed by atoms with van der Waals surface area (Å²) in [6, 6.07) is 7.49. The molecule has 2 rings (SSSR count). The first kappa shape index (κ1) is 12.8. The zero-order valence-electron chi connectivity index (χ0n) is 10.9. The van der Waals surface area contributed by atoms with E-state index >= 15 is 0 Å². The second-order valence-electron chi connectivity index (χ2n) is 4.79. The standard InChI is InChI=1S/C14H19N3O/c1-11-3-5-12(6-4-11)14(18)16-15-13-7-9-17(2)10-8-13/h3-6H,7-10H2,1-2H3,(H,16,18). The Kier molecular flexibility index (Phi) is 4.10. The SMILES string of the molecule is Cc1ccc(C(=O)NN=C2CCN(C)CC2)cc1. The van der Waals surface area contributed by atoms with Crippen LogP contribution in [0.5, 0.6) is 0 Å². The molecule has 1 aliphatic heterocycles. The van der Waals surface area contributed by atoms with Gasteiger partial charge < -0.3 is 4.90 Å². The highest BCUT2D eigenvalue weighted by Gasteiger charge is 2.11. The van der Waals surface area contributed by atoms with Gasteiger partial charge in [0.15, 0.2) is 0 Å². The Balaban J connectivity index is 1.92. The third-order valence-electron chi connectivity index (χ3n) is 3.19. The summed E-state index contributed by atoms with van der Waals surface area (Å²) in [7, 11) is 2.10. The minimum atomic E-state index is -0.138. The lowest BCUT2D eigenvalue weighted by Crippen LogP contribution is -2.32. The van der Waals surface area contributed by atoms with Gasteiger partial charge in [0.25, 0.3) is 5.91 Å². The van der Waals surface area contributed by atoms with Crippen LogP contribution in [0.2, 0.25) is 0 Å². The summed E-state index contributed by atoms with van der Waals surface area (Å²) in [5, 5.41) is 4.21. The number of likely N-dealkylation sites (tertiary alicyclic amines) is 1. The zero-order valence-corrected chi connectivity index (χ0v) is 10.9. The number of carbonyl (C=O) groups is 1. The van der Waals surface area contributed by atoms with Crippen molar-refractivity contribution in [1.82, 2.24) is 10.3 Å². The highest BCUT2D eigenvalue weighted by Crippen LogP contribution is 2.05. The molecule has 1 fully saturated rings. The van der Waals surface area contributed by atoms with Gasteiger partial charge in [0, 0.05) is 37.2 Å². The summed E-state index contributed by atoms with van der Waals surface area (Å²) in [5.74, 6) is -0.138. The molecule has 1 aromatic carbocycles. The Labute approximate surface area is 108 Å². The monoisotopic (exact) mass is 245 g/mol. The topological polar surface area (TPSA) is 44.7 Å². The number of hydrogen-bond acceptors (Lipinski definition) is 3. The molecule has 0 radical (unpaired) electrons. The molecule has 0 spiro atoms. The van der Waals surface area contributed by atoms with Crippen molar-refractivity contribution in [2.24, 2.45) is 5.10 Å². The van der Waals surface area contributed by atoms with Crippen molar-refractivity contribution >= 4 is 11.6 Å². The number of hydrazone groups is 1. The van der Waals surface area contributed by atoms with Crippen LogP contribution < -0.4 is 5.43 Å². The minimum absolute atomic E-state index is 0.138. The van der Waals surface area contributed by atoms with Crippen molar-refractivity contribution in [3.63, 3.8) is 0 Å². The summed E-state index contributed by atoms with van der Waals surface area (Å²) in [4.78, 5) is 14.1. The molecule has 1 saturated heterocycles. The summed E-state index contributed by atoms with van der Waals surface area (Å²) < 4.78 is 0. The smallest absolute Gasteiger partial charge is 0.271 e. The van der Waals surface area contributed by atoms with E-state index in [-0.39, 0.29) is 5.91 Å². The zero-order chi connectivity index (χ0) is 13.0. The van der Waals surface area contributed by atoms with Crippen molar-refractivity contribution < 1.29 is 4.79 Å². The largest absolute Gasteiger partial charge is 0.306 e. The van der Waals surface area contributed by atoms with Crippen LogP contribution in [0.4, 0.5) is 0 Å². The van der Waals surface area contributed by atoms with E-state index in [1.165, 1.54) is 0 Å². The molecule has 1 N–H and O–H groups in total. The Hall–Kier alpha value is -1.68. The fraction of sp³-hybridized carbons (Fsp3) is 0.429. The molecular weight excluding hydrogens is 226 g/mol. The van der Waals surface area contributed by atoms with E-state index in [0.717, 1.165) is 37.2 Å². The summed E-state index contributed by atoms with van der Waals surface area (Å²) >= 11 is 0. The Morgan fingerprint density at radius 1 is 1.22 bits per heavy atom. The number of nitrogens with zero attached hydrogens (tertiary/aromatic N) is 2. The predicted molar refractivity (Wildman–Crippen MR) is 72.8 cm³/mol. The van der Waals surface area contributed by atoms with Crippen molar-refractivity contribution in [3.8, 4) is 0 Å². The molecule has 1 aromatic rings. The molecule has 4 heteroatoms. The molecular formula is C14H19N3O. The van der Waals surface area contributed by atoms with Gasteiger partial charge in [-0.25, -0.2) is 5.43 Å². The molecule has 4 nitrogen and oxygen atoms in total. The molecule has 0 unspecified atom stereocenters. The predicted octanol–water partition coefficient (Wildman–Crippen LogP) is 1.81. The summed E-state index contributed by atoms with van der Waals surface area (Å²) in [6.45, 7) is 4.03. The third-order valence-corrected chi connectivity index (χ3v) is 3.19. The second-order valence-corrected chi connectivity index (χ2v) is 4.79. The Bertz CT molecular complexity index is 441. The lowest BCUT2D eigenvalue weighted by atomic mass is 10.1. The molecule has 1 amide bonds. The second kappa shape index (κ2) is 5.78. The van der Waals surface area contributed by atoms with Crippen LogP contribution in [0.3, 0.4) is 0 Å². The number of benzene rings is 1. The van der Waals surface area contributed by atoms with Crippen LogP contribution >= 0.6 is 0 Å². The maximum Gasteiger partial charge on any atom is 0.271 e. The van der Waals surface area contributed by atoms with E-state index < -0.39 is 0 Å². The Morgan fingerprint density at radius 2 is 1.83 bits per heavy atom. The van der Waals surface area contributed by atoms with Crippen LogP contribution in [0, 0.1) is 6.92 Å². The molecule has 0 aromatic heterocycles. The fourth-order valence-corrected chi connectivity index (χ4v) is 1.89. The van der Waals surface area contributed by atoms with Gasteiger partial charge >= 0.3 is 0 Å². The number of hydrogen-bond donors (Lipinski definition) is 1. The maximum absolute atomic E-state index is 11.8. The van der Waals surface area contributed by atoms with Gasteiger partial charge in [0.1, 0.15) is 0 Å². The average Bonchev–Trinajstić information content (AvgIpc) is 2.38. The highest BCUT2D eigenvalue weighted by molar-refractivity contribution is 5.95. The quantitative estimate of drug-likeness (QED) is 0.808. The first-order chi connectivity index (χ1) is 8.65. The Morgan fingerprint density at radius 3 is 2.44 bits per heavy atom. The first-order valence-corrected chi connectivity index (χ1v) is 6.26. The van der Waals surface area contributed by atoms with E-state index in [1.807, 2.05) is 31.2 Å². The average molecular weight is 245 g/mol. The molecule has 1 aliphatic rings. The molecule has 96 valence electrons.